The molecule has 9 nitrogen and oxygen atoms in total. The average molecular weight is 581 g/mol. The molecule has 9 heteroatoms. The SMILES string of the molecule is CCCN1CCN(C(=O)c2ccc(-c3cc4nccc(-c5ccc(OC6CCOCC6)c(C#N)c5)c4o3)c(OC)c2)CC1. The Labute approximate surface area is 251 Å². The third-order valence-electron chi connectivity index (χ3n) is 8.20. The van der Waals surface area contributed by atoms with E-state index >= 15 is 0 Å². The summed E-state index contributed by atoms with van der Waals surface area (Å²) in [6, 6.07) is 17.1. The van der Waals surface area contributed by atoms with Gasteiger partial charge in [0.05, 0.1) is 31.5 Å². The number of methoxy groups -OCH3 is 1. The first kappa shape index (κ1) is 28.7. The molecule has 4 aromatic rings. The first-order chi connectivity index (χ1) is 21.1. The Balaban J connectivity index is 1.26. The van der Waals surface area contributed by atoms with E-state index in [0.717, 1.165) is 68.7 Å². The number of fused-ring (bicyclic) bond motifs is 1. The molecule has 2 aliphatic heterocycles. The van der Waals surface area contributed by atoms with Crippen molar-refractivity contribution in [3.63, 3.8) is 0 Å². The quantitative estimate of drug-likeness (QED) is 0.259. The number of benzene rings is 2. The lowest BCUT2D eigenvalue weighted by atomic mass is 10.0. The van der Waals surface area contributed by atoms with Gasteiger partial charge in [-0.25, -0.2) is 0 Å². The Kier molecular flexibility index (Phi) is 8.59. The Morgan fingerprint density at radius 1 is 1.02 bits per heavy atom. The first-order valence-corrected chi connectivity index (χ1v) is 15.0. The van der Waals surface area contributed by atoms with E-state index in [-0.39, 0.29) is 12.0 Å². The third-order valence-corrected chi connectivity index (χ3v) is 8.20. The number of furan rings is 1. The first-order valence-electron chi connectivity index (χ1n) is 15.0. The van der Waals surface area contributed by atoms with Gasteiger partial charge in [-0.1, -0.05) is 13.0 Å². The minimum Gasteiger partial charge on any atom is -0.496 e. The van der Waals surface area contributed by atoms with E-state index in [2.05, 4.69) is 22.9 Å². The second-order valence-corrected chi connectivity index (χ2v) is 11.0. The number of aromatic nitrogens is 1. The summed E-state index contributed by atoms with van der Waals surface area (Å²) in [6.07, 6.45) is 4.50. The van der Waals surface area contributed by atoms with E-state index in [1.807, 2.05) is 47.4 Å². The van der Waals surface area contributed by atoms with Crippen molar-refractivity contribution in [2.24, 2.45) is 0 Å². The lowest BCUT2D eigenvalue weighted by Gasteiger charge is -2.34. The largest absolute Gasteiger partial charge is 0.496 e. The summed E-state index contributed by atoms with van der Waals surface area (Å²) in [7, 11) is 1.59. The zero-order valence-electron chi connectivity index (χ0n) is 24.7. The van der Waals surface area contributed by atoms with Crippen LogP contribution in [0.3, 0.4) is 0 Å². The summed E-state index contributed by atoms with van der Waals surface area (Å²) in [5.74, 6) is 1.72. The number of rotatable bonds is 8. The van der Waals surface area contributed by atoms with E-state index in [0.29, 0.717) is 52.7 Å². The lowest BCUT2D eigenvalue weighted by Crippen LogP contribution is -2.48. The van der Waals surface area contributed by atoms with Crippen LogP contribution in [0.25, 0.3) is 33.6 Å². The van der Waals surface area contributed by atoms with Crippen molar-refractivity contribution in [1.29, 1.82) is 5.26 Å². The average Bonchev–Trinajstić information content (AvgIpc) is 3.50. The molecule has 2 fully saturated rings. The van der Waals surface area contributed by atoms with Crippen LogP contribution < -0.4 is 9.47 Å². The molecule has 6 rings (SSSR count). The molecule has 0 aliphatic carbocycles. The van der Waals surface area contributed by atoms with Crippen LogP contribution >= 0.6 is 0 Å². The van der Waals surface area contributed by atoms with Gasteiger partial charge in [-0.3, -0.25) is 14.7 Å². The molecule has 43 heavy (non-hydrogen) atoms. The Morgan fingerprint density at radius 2 is 1.84 bits per heavy atom. The second-order valence-electron chi connectivity index (χ2n) is 11.0. The summed E-state index contributed by atoms with van der Waals surface area (Å²) < 4.78 is 23.7. The summed E-state index contributed by atoms with van der Waals surface area (Å²) in [4.78, 5) is 22.1. The maximum Gasteiger partial charge on any atom is 0.254 e. The summed E-state index contributed by atoms with van der Waals surface area (Å²) in [5, 5.41) is 9.89. The van der Waals surface area contributed by atoms with Gasteiger partial charge < -0.3 is 23.5 Å². The van der Waals surface area contributed by atoms with Crippen LogP contribution in [0, 0.1) is 11.3 Å². The highest BCUT2D eigenvalue weighted by atomic mass is 16.5. The number of hydrogen-bond donors (Lipinski definition) is 0. The van der Waals surface area contributed by atoms with E-state index < -0.39 is 0 Å². The number of carbonyl (C=O) groups is 1. The number of nitriles is 1. The van der Waals surface area contributed by atoms with Crippen molar-refractivity contribution in [1.82, 2.24) is 14.8 Å². The van der Waals surface area contributed by atoms with Crippen LogP contribution in [-0.2, 0) is 4.74 Å². The molecule has 0 atom stereocenters. The predicted octanol–water partition coefficient (Wildman–Crippen LogP) is 5.77. The van der Waals surface area contributed by atoms with Crippen LogP contribution in [0.15, 0.2) is 59.1 Å². The summed E-state index contributed by atoms with van der Waals surface area (Å²) in [5.41, 5.74) is 4.72. The molecule has 1 amide bonds. The zero-order chi connectivity index (χ0) is 29.8. The molecule has 2 aromatic heterocycles. The van der Waals surface area contributed by atoms with Crippen LogP contribution in [0.5, 0.6) is 11.5 Å². The Morgan fingerprint density at radius 3 is 2.58 bits per heavy atom. The minimum absolute atomic E-state index is 0.00657. The summed E-state index contributed by atoms with van der Waals surface area (Å²) >= 11 is 0. The molecular weight excluding hydrogens is 544 g/mol. The predicted molar refractivity (Wildman–Crippen MR) is 163 cm³/mol. The van der Waals surface area contributed by atoms with Crippen molar-refractivity contribution < 1.29 is 23.4 Å². The van der Waals surface area contributed by atoms with Crippen molar-refractivity contribution >= 4 is 17.0 Å². The molecule has 0 unspecified atom stereocenters. The summed E-state index contributed by atoms with van der Waals surface area (Å²) in [6.45, 7) is 7.80. The van der Waals surface area contributed by atoms with E-state index in [9.17, 15) is 10.1 Å². The maximum absolute atomic E-state index is 13.3. The van der Waals surface area contributed by atoms with Gasteiger partial charge in [0.1, 0.15) is 34.9 Å². The van der Waals surface area contributed by atoms with Crippen LogP contribution in [0.4, 0.5) is 0 Å². The topological polar surface area (TPSA) is 101 Å². The molecule has 0 spiro atoms. The molecule has 0 radical (unpaired) electrons. The molecule has 2 aliphatic rings. The van der Waals surface area contributed by atoms with Crippen molar-refractivity contribution in [2.75, 3.05) is 53.0 Å². The van der Waals surface area contributed by atoms with Crippen LogP contribution in [0.1, 0.15) is 42.1 Å². The molecule has 0 saturated carbocycles. The van der Waals surface area contributed by atoms with Crippen LogP contribution in [0.2, 0.25) is 0 Å². The number of ether oxygens (including phenoxy) is 3. The van der Waals surface area contributed by atoms with Gasteiger partial charge in [-0.2, -0.15) is 5.26 Å². The number of hydrogen-bond acceptors (Lipinski definition) is 8. The van der Waals surface area contributed by atoms with E-state index in [1.54, 1.807) is 19.4 Å². The molecule has 0 N–H and O–H groups in total. The van der Waals surface area contributed by atoms with Gasteiger partial charge in [0.15, 0.2) is 5.58 Å². The molecule has 2 saturated heterocycles. The van der Waals surface area contributed by atoms with Gasteiger partial charge in [-0.05, 0) is 54.9 Å². The van der Waals surface area contributed by atoms with Gasteiger partial charge in [-0.15, -0.1) is 0 Å². The molecule has 0 bridgehead atoms. The molecular formula is C34H36N4O5. The van der Waals surface area contributed by atoms with Crippen molar-refractivity contribution in [2.45, 2.75) is 32.3 Å². The highest BCUT2D eigenvalue weighted by Crippen LogP contribution is 2.38. The fourth-order valence-electron chi connectivity index (χ4n) is 5.86. The molecule has 222 valence electrons. The normalized spacial score (nSPS) is 16.3. The smallest absolute Gasteiger partial charge is 0.254 e. The highest BCUT2D eigenvalue weighted by molar-refractivity contribution is 5.97. The lowest BCUT2D eigenvalue weighted by molar-refractivity contribution is 0.0254. The fraction of sp³-hybridized carbons (Fsp3) is 0.382. The van der Waals surface area contributed by atoms with E-state index in [4.69, 9.17) is 18.6 Å². The highest BCUT2D eigenvalue weighted by Gasteiger charge is 2.24. The van der Waals surface area contributed by atoms with Gasteiger partial charge in [0.2, 0.25) is 0 Å². The monoisotopic (exact) mass is 580 g/mol. The number of nitrogens with zero attached hydrogens (tertiary/aromatic N) is 4. The number of pyridine rings is 1. The second kappa shape index (κ2) is 12.9. The minimum atomic E-state index is 0.00657. The van der Waals surface area contributed by atoms with E-state index in [1.165, 1.54) is 0 Å². The zero-order valence-corrected chi connectivity index (χ0v) is 24.7. The van der Waals surface area contributed by atoms with Crippen molar-refractivity contribution in [3.05, 3.63) is 65.9 Å². The van der Waals surface area contributed by atoms with Crippen LogP contribution in [-0.4, -0.2) is 79.8 Å². The van der Waals surface area contributed by atoms with Gasteiger partial charge in [0, 0.05) is 62.4 Å². The third kappa shape index (κ3) is 6.07. The number of amides is 1. The van der Waals surface area contributed by atoms with Gasteiger partial charge in [0.25, 0.3) is 5.91 Å². The fourth-order valence-corrected chi connectivity index (χ4v) is 5.86. The van der Waals surface area contributed by atoms with Gasteiger partial charge >= 0.3 is 0 Å². The molecule has 2 aromatic carbocycles. The Bertz CT molecular complexity index is 1640. The van der Waals surface area contributed by atoms with Crippen molar-refractivity contribution in [3.8, 4) is 40.0 Å². The Hall–Kier alpha value is -4.39. The maximum atomic E-state index is 13.3. The number of piperazine rings is 1. The number of carbonyl (C=O) groups excluding carboxylic acids is 1. The standard InChI is InChI=1S/C34H36N4O5/c1-3-12-37-13-15-38(16-14-37)34(39)24-4-6-28(31(20-24)40-2)32-21-29-33(43-32)27(8-11-36-29)23-5-7-30(25(19-23)22-35)42-26-9-17-41-18-10-26/h4-8,11,19-21,26H,3,9-10,12-18H2,1-2H3. The molecule has 4 heterocycles.